The number of piperidine rings is 1. The molecule has 0 radical (unpaired) electrons. The van der Waals surface area contributed by atoms with Crippen LogP contribution < -0.4 is 0 Å². The topological polar surface area (TPSA) is 38.1 Å². The molecule has 2 aromatic rings. The first-order chi connectivity index (χ1) is 9.33. The van der Waals surface area contributed by atoms with E-state index in [0.717, 1.165) is 13.0 Å². The number of likely N-dealkylation sites (tertiary alicyclic amines) is 1. The molecule has 3 rings (SSSR count). The average molecular weight is 255 g/mol. The van der Waals surface area contributed by atoms with E-state index in [1.165, 1.54) is 5.56 Å². The van der Waals surface area contributed by atoms with Gasteiger partial charge in [-0.3, -0.25) is 4.79 Å². The highest BCUT2D eigenvalue weighted by molar-refractivity contribution is 5.77. The van der Waals surface area contributed by atoms with Crippen LogP contribution in [0.2, 0.25) is 0 Å². The van der Waals surface area contributed by atoms with Crippen LogP contribution in [0.25, 0.3) is 0 Å². The van der Waals surface area contributed by atoms with Crippen LogP contribution in [0.5, 0.6) is 0 Å². The van der Waals surface area contributed by atoms with Crippen LogP contribution in [-0.4, -0.2) is 26.9 Å². The molecule has 1 aliphatic heterocycles. The molecule has 2 heterocycles. The lowest BCUT2D eigenvalue weighted by molar-refractivity contribution is -0.135. The van der Waals surface area contributed by atoms with Crippen molar-refractivity contribution in [3.63, 3.8) is 0 Å². The number of hydrogen-bond acceptors (Lipinski definition) is 2. The van der Waals surface area contributed by atoms with Crippen LogP contribution in [-0.2, 0) is 11.5 Å². The van der Waals surface area contributed by atoms with Gasteiger partial charge in [0.25, 0.3) is 0 Å². The van der Waals surface area contributed by atoms with Crippen molar-refractivity contribution in [3.05, 3.63) is 54.6 Å². The molecule has 1 atom stereocenters. The predicted octanol–water partition coefficient (Wildman–Crippen LogP) is 2.25. The van der Waals surface area contributed by atoms with Gasteiger partial charge < -0.3 is 9.47 Å². The summed E-state index contributed by atoms with van der Waals surface area (Å²) >= 11 is 0. The molecule has 4 nitrogen and oxygen atoms in total. The van der Waals surface area contributed by atoms with E-state index in [2.05, 4.69) is 29.2 Å². The van der Waals surface area contributed by atoms with Crippen LogP contribution in [0.4, 0.5) is 0 Å². The van der Waals surface area contributed by atoms with Crippen molar-refractivity contribution in [1.29, 1.82) is 0 Å². The van der Waals surface area contributed by atoms with Gasteiger partial charge in [-0.2, -0.15) is 0 Å². The Kier molecular flexibility index (Phi) is 3.31. The maximum atomic E-state index is 12.0. The molecule has 1 unspecified atom stereocenters. The van der Waals surface area contributed by atoms with E-state index in [0.29, 0.717) is 19.0 Å². The highest BCUT2D eigenvalue weighted by atomic mass is 16.2. The van der Waals surface area contributed by atoms with Gasteiger partial charge in [0, 0.05) is 31.3 Å². The van der Waals surface area contributed by atoms with E-state index in [1.54, 1.807) is 12.5 Å². The molecule has 0 N–H and O–H groups in total. The minimum absolute atomic E-state index is 0.237. The molecule has 4 heteroatoms. The Morgan fingerprint density at radius 1 is 1.26 bits per heavy atom. The summed E-state index contributed by atoms with van der Waals surface area (Å²) in [6.07, 6.45) is 6.96. The molecule has 0 spiro atoms. The SMILES string of the molecule is O=C1CCC(c2ccccc2)CN1Cn1ccnc1. The normalized spacial score (nSPS) is 19.7. The van der Waals surface area contributed by atoms with Crippen LogP contribution in [0, 0.1) is 0 Å². The summed E-state index contributed by atoms with van der Waals surface area (Å²) in [6, 6.07) is 10.4. The summed E-state index contributed by atoms with van der Waals surface area (Å²) < 4.78 is 1.94. The summed E-state index contributed by atoms with van der Waals surface area (Å²) in [5.41, 5.74) is 1.32. The molecule has 1 saturated heterocycles. The second-order valence-electron chi connectivity index (χ2n) is 4.98. The number of imidazole rings is 1. The van der Waals surface area contributed by atoms with E-state index in [-0.39, 0.29) is 5.91 Å². The molecule has 1 fully saturated rings. The van der Waals surface area contributed by atoms with E-state index in [1.807, 2.05) is 21.7 Å². The molecular formula is C15H17N3O. The van der Waals surface area contributed by atoms with E-state index < -0.39 is 0 Å². The Labute approximate surface area is 112 Å². The number of aromatic nitrogens is 2. The zero-order valence-electron chi connectivity index (χ0n) is 10.8. The summed E-state index contributed by atoms with van der Waals surface area (Å²) in [6.45, 7) is 1.39. The summed E-state index contributed by atoms with van der Waals surface area (Å²) in [4.78, 5) is 17.9. The van der Waals surface area contributed by atoms with Crippen molar-refractivity contribution in [2.75, 3.05) is 6.54 Å². The summed E-state index contributed by atoms with van der Waals surface area (Å²) in [7, 11) is 0. The Hall–Kier alpha value is -2.10. The third-order valence-corrected chi connectivity index (χ3v) is 3.66. The molecule has 1 amide bonds. The smallest absolute Gasteiger partial charge is 0.224 e. The third kappa shape index (κ3) is 2.67. The molecule has 0 bridgehead atoms. The van der Waals surface area contributed by atoms with Crippen molar-refractivity contribution in [2.45, 2.75) is 25.4 Å². The third-order valence-electron chi connectivity index (χ3n) is 3.66. The van der Waals surface area contributed by atoms with Crippen molar-refractivity contribution in [3.8, 4) is 0 Å². The van der Waals surface area contributed by atoms with Gasteiger partial charge >= 0.3 is 0 Å². The fourth-order valence-electron chi connectivity index (χ4n) is 2.62. The zero-order chi connectivity index (χ0) is 13.1. The number of carbonyl (C=O) groups is 1. The average Bonchev–Trinajstić information content (AvgIpc) is 2.95. The maximum Gasteiger partial charge on any atom is 0.224 e. The number of rotatable bonds is 3. The van der Waals surface area contributed by atoms with E-state index in [9.17, 15) is 4.79 Å². The fourth-order valence-corrected chi connectivity index (χ4v) is 2.62. The second-order valence-corrected chi connectivity index (χ2v) is 4.98. The Balaban J connectivity index is 1.72. The first-order valence-electron chi connectivity index (χ1n) is 6.61. The van der Waals surface area contributed by atoms with Gasteiger partial charge in [-0.25, -0.2) is 4.98 Å². The van der Waals surface area contributed by atoms with Crippen LogP contribution >= 0.6 is 0 Å². The van der Waals surface area contributed by atoms with Crippen molar-refractivity contribution in [1.82, 2.24) is 14.5 Å². The second kappa shape index (κ2) is 5.26. The van der Waals surface area contributed by atoms with Gasteiger partial charge in [0.1, 0.15) is 0 Å². The maximum absolute atomic E-state index is 12.0. The molecule has 19 heavy (non-hydrogen) atoms. The quantitative estimate of drug-likeness (QED) is 0.843. The molecule has 0 aliphatic carbocycles. The lowest BCUT2D eigenvalue weighted by Gasteiger charge is -2.33. The zero-order valence-corrected chi connectivity index (χ0v) is 10.8. The highest BCUT2D eigenvalue weighted by Crippen LogP contribution is 2.27. The Morgan fingerprint density at radius 3 is 2.84 bits per heavy atom. The van der Waals surface area contributed by atoms with Gasteiger partial charge in [0.2, 0.25) is 5.91 Å². The number of carbonyl (C=O) groups excluding carboxylic acids is 1. The van der Waals surface area contributed by atoms with E-state index in [4.69, 9.17) is 0 Å². The molecule has 98 valence electrons. The van der Waals surface area contributed by atoms with Gasteiger partial charge in [-0.15, -0.1) is 0 Å². The van der Waals surface area contributed by atoms with E-state index >= 15 is 0 Å². The van der Waals surface area contributed by atoms with Gasteiger partial charge in [-0.05, 0) is 12.0 Å². The number of amides is 1. The van der Waals surface area contributed by atoms with Crippen molar-refractivity contribution >= 4 is 5.91 Å². The minimum Gasteiger partial charge on any atom is -0.324 e. The Morgan fingerprint density at radius 2 is 2.11 bits per heavy atom. The van der Waals surface area contributed by atoms with Gasteiger partial charge in [0.15, 0.2) is 0 Å². The van der Waals surface area contributed by atoms with Crippen LogP contribution in [0.1, 0.15) is 24.3 Å². The van der Waals surface area contributed by atoms with Crippen LogP contribution in [0.15, 0.2) is 49.1 Å². The molecular weight excluding hydrogens is 238 g/mol. The first-order valence-corrected chi connectivity index (χ1v) is 6.61. The Bertz CT molecular complexity index is 536. The largest absolute Gasteiger partial charge is 0.324 e. The molecule has 1 aromatic heterocycles. The monoisotopic (exact) mass is 255 g/mol. The van der Waals surface area contributed by atoms with Crippen molar-refractivity contribution < 1.29 is 4.79 Å². The van der Waals surface area contributed by atoms with Crippen molar-refractivity contribution in [2.24, 2.45) is 0 Å². The lowest BCUT2D eigenvalue weighted by Crippen LogP contribution is -2.39. The number of benzene rings is 1. The summed E-state index contributed by atoms with van der Waals surface area (Å²) in [5.74, 6) is 0.684. The lowest BCUT2D eigenvalue weighted by atomic mass is 9.90. The highest BCUT2D eigenvalue weighted by Gasteiger charge is 2.26. The number of hydrogen-bond donors (Lipinski definition) is 0. The fraction of sp³-hybridized carbons (Fsp3) is 0.333. The van der Waals surface area contributed by atoms with Gasteiger partial charge in [0.05, 0.1) is 13.0 Å². The number of nitrogens with zero attached hydrogens (tertiary/aromatic N) is 3. The van der Waals surface area contributed by atoms with Crippen LogP contribution in [0.3, 0.4) is 0 Å². The van der Waals surface area contributed by atoms with Gasteiger partial charge in [-0.1, -0.05) is 30.3 Å². The minimum atomic E-state index is 0.237. The first kappa shape index (κ1) is 12.0. The predicted molar refractivity (Wildman–Crippen MR) is 72.4 cm³/mol. The molecule has 1 aliphatic rings. The molecule has 1 aromatic carbocycles. The molecule has 0 saturated carbocycles. The summed E-state index contributed by atoms with van der Waals surface area (Å²) in [5, 5.41) is 0. The standard InChI is InChI=1S/C15H17N3O/c19-15-7-6-14(13-4-2-1-3-5-13)10-18(15)12-17-9-8-16-11-17/h1-5,8-9,11,14H,6-7,10,12H2.